The van der Waals surface area contributed by atoms with Gasteiger partial charge < -0.3 is 19.4 Å². The van der Waals surface area contributed by atoms with Crippen LogP contribution in [0.1, 0.15) is 5.56 Å². The van der Waals surface area contributed by atoms with E-state index >= 15 is 0 Å². The lowest BCUT2D eigenvalue weighted by atomic mass is 10.1. The van der Waals surface area contributed by atoms with E-state index in [0.717, 1.165) is 29.2 Å². The van der Waals surface area contributed by atoms with E-state index in [9.17, 15) is 22.8 Å². The summed E-state index contributed by atoms with van der Waals surface area (Å²) in [6.45, 7) is 0.361. The van der Waals surface area contributed by atoms with Crippen LogP contribution < -0.4 is 20.3 Å². The molecule has 1 aliphatic rings. The maximum absolute atomic E-state index is 12.8. The topological polar surface area (TPSA) is 82.5 Å². The molecule has 30 heavy (non-hydrogen) atoms. The number of thiazole rings is 1. The molecule has 0 bridgehead atoms. The Morgan fingerprint density at radius 2 is 1.97 bits per heavy atom. The maximum atomic E-state index is 12.8. The summed E-state index contributed by atoms with van der Waals surface area (Å²) in [5.74, 6) is 0.570. The number of rotatable bonds is 4. The number of benzene rings is 1. The van der Waals surface area contributed by atoms with Crippen molar-refractivity contribution in [2.45, 2.75) is 12.7 Å². The third-order valence-electron chi connectivity index (χ3n) is 4.23. The van der Waals surface area contributed by atoms with Crippen molar-refractivity contribution in [2.75, 3.05) is 18.5 Å². The van der Waals surface area contributed by atoms with E-state index in [1.807, 2.05) is 0 Å². The zero-order valence-electron chi connectivity index (χ0n) is 15.2. The fraction of sp³-hybridized carbons (Fsp3) is 0.211. The Morgan fingerprint density at radius 1 is 1.20 bits per heavy atom. The van der Waals surface area contributed by atoms with Crippen LogP contribution >= 0.6 is 11.3 Å². The number of hydrogen-bond acceptors (Lipinski definition) is 6. The van der Waals surface area contributed by atoms with Gasteiger partial charge in [0.15, 0.2) is 16.6 Å². The minimum Gasteiger partial charge on any atom is -0.486 e. The molecule has 4 rings (SSSR count). The van der Waals surface area contributed by atoms with Crippen LogP contribution in [0.2, 0.25) is 0 Å². The minimum absolute atomic E-state index is 0.255. The van der Waals surface area contributed by atoms with E-state index in [4.69, 9.17) is 9.47 Å². The molecule has 0 saturated carbocycles. The van der Waals surface area contributed by atoms with Crippen LogP contribution in [-0.2, 0) is 17.5 Å². The van der Waals surface area contributed by atoms with Crippen molar-refractivity contribution in [3.05, 3.63) is 57.8 Å². The first kappa shape index (κ1) is 20.0. The number of anilines is 1. The van der Waals surface area contributed by atoms with Crippen LogP contribution in [-0.4, -0.2) is 28.7 Å². The number of carbonyl (C=O) groups excluding carboxylic acids is 1. The van der Waals surface area contributed by atoms with E-state index in [2.05, 4.69) is 10.3 Å². The minimum atomic E-state index is -4.79. The Balaban J connectivity index is 1.47. The molecule has 0 aliphatic carbocycles. The van der Waals surface area contributed by atoms with Crippen LogP contribution in [0.25, 0.3) is 11.3 Å². The molecule has 11 heteroatoms. The highest BCUT2D eigenvalue weighted by Crippen LogP contribution is 2.35. The highest BCUT2D eigenvalue weighted by atomic mass is 32.1. The molecule has 0 unspecified atom stereocenters. The van der Waals surface area contributed by atoms with E-state index in [0.29, 0.717) is 41.0 Å². The molecule has 3 aromatic rings. The first-order valence-corrected chi connectivity index (χ1v) is 9.61. The summed E-state index contributed by atoms with van der Waals surface area (Å²) >= 11 is 1.15. The molecule has 1 amide bonds. The lowest BCUT2D eigenvalue weighted by Gasteiger charge is -2.18. The summed E-state index contributed by atoms with van der Waals surface area (Å²) in [5, 5.41) is 4.47. The molecule has 0 radical (unpaired) electrons. The van der Waals surface area contributed by atoms with E-state index < -0.39 is 29.8 Å². The number of ether oxygens (including phenoxy) is 2. The number of halogens is 3. The van der Waals surface area contributed by atoms with Crippen molar-refractivity contribution in [2.24, 2.45) is 0 Å². The molecule has 0 fully saturated rings. The molecule has 3 heterocycles. The van der Waals surface area contributed by atoms with Crippen LogP contribution in [0.3, 0.4) is 0 Å². The zero-order valence-corrected chi connectivity index (χ0v) is 16.0. The second kappa shape index (κ2) is 7.82. The predicted octanol–water partition coefficient (Wildman–Crippen LogP) is 3.40. The number of alkyl halides is 3. The number of nitrogens with one attached hydrogen (secondary N) is 1. The Hall–Kier alpha value is -3.34. The maximum Gasteiger partial charge on any atom is 0.421 e. The lowest BCUT2D eigenvalue weighted by molar-refractivity contribution is -0.139. The summed E-state index contributed by atoms with van der Waals surface area (Å²) < 4.78 is 50.2. The summed E-state index contributed by atoms with van der Waals surface area (Å²) in [6.07, 6.45) is -3.66. The summed E-state index contributed by atoms with van der Waals surface area (Å²) in [7, 11) is 0. The second-order valence-electron chi connectivity index (χ2n) is 6.30. The van der Waals surface area contributed by atoms with Crippen molar-refractivity contribution >= 4 is 22.4 Å². The third kappa shape index (κ3) is 4.15. The van der Waals surface area contributed by atoms with Crippen LogP contribution in [0, 0.1) is 0 Å². The van der Waals surface area contributed by atoms with Crippen LogP contribution in [0.5, 0.6) is 11.5 Å². The Kier molecular flexibility index (Phi) is 5.20. The number of nitrogens with zero attached hydrogens (tertiary/aromatic N) is 2. The summed E-state index contributed by atoms with van der Waals surface area (Å²) in [6, 6.07) is 7.09. The number of aromatic nitrogens is 2. The number of fused-ring (bicyclic) bond motifs is 1. The molecule has 2 aromatic heterocycles. The number of amides is 1. The van der Waals surface area contributed by atoms with Gasteiger partial charge in [0.2, 0.25) is 5.91 Å². The fourth-order valence-electron chi connectivity index (χ4n) is 2.86. The predicted molar refractivity (Wildman–Crippen MR) is 103 cm³/mol. The van der Waals surface area contributed by atoms with E-state index in [1.54, 1.807) is 23.6 Å². The second-order valence-corrected chi connectivity index (χ2v) is 7.16. The Labute approximate surface area is 171 Å². The Bertz CT molecular complexity index is 1160. The molecule has 0 atom stereocenters. The van der Waals surface area contributed by atoms with Gasteiger partial charge in [-0.05, 0) is 30.3 Å². The molecule has 1 aliphatic heterocycles. The molecule has 156 valence electrons. The van der Waals surface area contributed by atoms with Crippen molar-refractivity contribution in [1.82, 2.24) is 9.55 Å². The van der Waals surface area contributed by atoms with Gasteiger partial charge in [0, 0.05) is 17.1 Å². The van der Waals surface area contributed by atoms with Gasteiger partial charge in [-0.1, -0.05) is 0 Å². The number of pyridine rings is 1. The monoisotopic (exact) mass is 437 g/mol. The zero-order chi connectivity index (χ0) is 21.3. The average Bonchev–Trinajstić information content (AvgIpc) is 3.16. The van der Waals surface area contributed by atoms with Crippen LogP contribution in [0.4, 0.5) is 18.3 Å². The van der Waals surface area contributed by atoms with Gasteiger partial charge in [-0.3, -0.25) is 9.59 Å². The molecular formula is C19H14F3N3O4S. The van der Waals surface area contributed by atoms with Gasteiger partial charge in [0.1, 0.15) is 25.3 Å². The number of carbonyl (C=O) groups is 1. The summed E-state index contributed by atoms with van der Waals surface area (Å²) in [4.78, 5) is 28.5. The fourth-order valence-corrected chi connectivity index (χ4v) is 3.59. The van der Waals surface area contributed by atoms with Gasteiger partial charge in [0.25, 0.3) is 5.56 Å². The molecular weight excluding hydrogens is 423 g/mol. The molecule has 1 N–H and O–H groups in total. The molecule has 0 saturated heterocycles. The molecule has 0 spiro atoms. The van der Waals surface area contributed by atoms with Gasteiger partial charge >= 0.3 is 6.18 Å². The van der Waals surface area contributed by atoms with Crippen molar-refractivity contribution in [1.29, 1.82) is 0 Å². The van der Waals surface area contributed by atoms with Crippen molar-refractivity contribution in [3.63, 3.8) is 0 Å². The highest BCUT2D eigenvalue weighted by molar-refractivity contribution is 7.14. The lowest BCUT2D eigenvalue weighted by Crippen LogP contribution is -2.31. The van der Waals surface area contributed by atoms with Gasteiger partial charge in [-0.25, -0.2) is 4.98 Å². The van der Waals surface area contributed by atoms with Crippen molar-refractivity contribution < 1.29 is 27.4 Å². The highest BCUT2D eigenvalue weighted by Gasteiger charge is 2.34. The van der Waals surface area contributed by atoms with E-state index in [1.165, 1.54) is 0 Å². The third-order valence-corrected chi connectivity index (χ3v) is 4.99. The first-order chi connectivity index (χ1) is 14.3. The van der Waals surface area contributed by atoms with Crippen molar-refractivity contribution in [3.8, 4) is 22.8 Å². The molecule has 7 nitrogen and oxygen atoms in total. The van der Waals surface area contributed by atoms with Gasteiger partial charge in [0.05, 0.1) is 5.69 Å². The van der Waals surface area contributed by atoms with Gasteiger partial charge in [-0.15, -0.1) is 11.3 Å². The largest absolute Gasteiger partial charge is 0.486 e. The normalized spacial score (nSPS) is 13.2. The summed E-state index contributed by atoms with van der Waals surface area (Å²) in [5.41, 5.74) is -1.27. The van der Waals surface area contributed by atoms with Gasteiger partial charge in [-0.2, -0.15) is 13.2 Å². The SMILES string of the molecule is O=C(Cn1cccc(C(F)(F)F)c1=O)Nc1nc(-c2ccc3c(c2)OCCO3)cs1. The molecule has 1 aromatic carbocycles. The number of hydrogen-bond donors (Lipinski definition) is 1. The smallest absolute Gasteiger partial charge is 0.421 e. The van der Waals surface area contributed by atoms with Crippen LogP contribution in [0.15, 0.2) is 46.7 Å². The quantitative estimate of drug-likeness (QED) is 0.677. The first-order valence-electron chi connectivity index (χ1n) is 8.73. The average molecular weight is 437 g/mol. The Morgan fingerprint density at radius 3 is 2.73 bits per heavy atom. The van der Waals surface area contributed by atoms with E-state index in [-0.39, 0.29) is 5.13 Å². The standard InChI is InChI=1S/C19H14F3N3O4S/c20-19(21,22)12-2-1-5-25(17(12)27)9-16(26)24-18-23-13(10-30-18)11-3-4-14-15(8-11)29-7-6-28-14/h1-5,8,10H,6-7,9H2,(H,23,24,26).